The first-order chi connectivity index (χ1) is 12.8. The van der Waals surface area contributed by atoms with Crippen molar-refractivity contribution >= 4 is 5.91 Å². The smallest absolute Gasteiger partial charge is 0.222 e. The molecule has 26 heavy (non-hydrogen) atoms. The number of hydrogen-bond acceptors (Lipinski definition) is 6. The number of tetrazole rings is 1. The van der Waals surface area contributed by atoms with Crippen LogP contribution in [0, 0.1) is 0 Å². The Kier molecular flexibility index (Phi) is 4.63. The van der Waals surface area contributed by atoms with E-state index in [0.29, 0.717) is 13.0 Å². The van der Waals surface area contributed by atoms with Gasteiger partial charge < -0.3 is 5.32 Å². The number of carbonyl (C=O) groups excluding carboxylic acids is 1. The standard InChI is InChI=1S/C18H19N7O/c26-17(9-10-25-12-20-23-24-25)21-15-7-4-8-16-14(15)11-19-18(22-16)13-5-2-1-3-6-13/h1-3,5-6,11-12,15H,4,7-10H2,(H,21,26)/t15-/m1/s1. The number of aryl methyl sites for hydroxylation is 2. The van der Waals surface area contributed by atoms with Crippen LogP contribution in [0.2, 0.25) is 0 Å². The number of benzene rings is 1. The van der Waals surface area contributed by atoms with Crippen molar-refractivity contribution in [3.63, 3.8) is 0 Å². The molecule has 0 unspecified atom stereocenters. The van der Waals surface area contributed by atoms with Gasteiger partial charge in [0.05, 0.1) is 12.6 Å². The molecule has 4 rings (SSSR count). The maximum Gasteiger partial charge on any atom is 0.222 e. The van der Waals surface area contributed by atoms with E-state index in [1.807, 2.05) is 36.5 Å². The van der Waals surface area contributed by atoms with Crippen molar-refractivity contribution in [2.24, 2.45) is 0 Å². The van der Waals surface area contributed by atoms with Crippen LogP contribution in [0.15, 0.2) is 42.9 Å². The van der Waals surface area contributed by atoms with Crippen LogP contribution in [0.4, 0.5) is 0 Å². The van der Waals surface area contributed by atoms with E-state index in [1.54, 1.807) is 4.68 Å². The summed E-state index contributed by atoms with van der Waals surface area (Å²) in [5.41, 5.74) is 3.05. The van der Waals surface area contributed by atoms with Gasteiger partial charge in [0.2, 0.25) is 5.91 Å². The fraction of sp³-hybridized carbons (Fsp3) is 0.333. The number of carbonyl (C=O) groups is 1. The second-order valence-electron chi connectivity index (χ2n) is 6.30. The van der Waals surface area contributed by atoms with Crippen LogP contribution in [-0.2, 0) is 17.8 Å². The van der Waals surface area contributed by atoms with Gasteiger partial charge in [0.25, 0.3) is 0 Å². The molecule has 0 aliphatic heterocycles. The molecule has 1 aliphatic carbocycles. The molecular weight excluding hydrogens is 330 g/mol. The van der Waals surface area contributed by atoms with E-state index in [4.69, 9.17) is 4.98 Å². The third-order valence-corrected chi connectivity index (χ3v) is 4.51. The predicted molar refractivity (Wildman–Crippen MR) is 93.7 cm³/mol. The third-order valence-electron chi connectivity index (χ3n) is 4.51. The van der Waals surface area contributed by atoms with E-state index in [1.165, 1.54) is 6.33 Å². The Labute approximate surface area is 150 Å². The molecule has 2 aromatic heterocycles. The zero-order valence-corrected chi connectivity index (χ0v) is 14.2. The highest BCUT2D eigenvalue weighted by Crippen LogP contribution is 2.29. The van der Waals surface area contributed by atoms with Gasteiger partial charge in [-0.15, -0.1) is 5.10 Å². The molecule has 1 aliphatic rings. The normalized spacial score (nSPS) is 16.1. The summed E-state index contributed by atoms with van der Waals surface area (Å²) >= 11 is 0. The highest BCUT2D eigenvalue weighted by atomic mass is 16.1. The maximum absolute atomic E-state index is 12.3. The minimum atomic E-state index is -0.0371. The van der Waals surface area contributed by atoms with Gasteiger partial charge in [0, 0.05) is 29.4 Å². The Bertz CT molecular complexity index is 880. The molecule has 1 aromatic carbocycles. The molecule has 3 aromatic rings. The molecule has 2 heterocycles. The van der Waals surface area contributed by atoms with E-state index in [-0.39, 0.29) is 11.9 Å². The molecule has 0 fully saturated rings. The summed E-state index contributed by atoms with van der Waals surface area (Å²) in [6.07, 6.45) is 6.50. The summed E-state index contributed by atoms with van der Waals surface area (Å²) < 4.78 is 1.55. The van der Waals surface area contributed by atoms with Crippen LogP contribution in [0.5, 0.6) is 0 Å². The summed E-state index contributed by atoms with van der Waals surface area (Å²) in [6.45, 7) is 0.460. The first-order valence-electron chi connectivity index (χ1n) is 8.71. The Balaban J connectivity index is 1.46. The van der Waals surface area contributed by atoms with Crippen LogP contribution < -0.4 is 5.32 Å². The molecule has 0 saturated heterocycles. The third kappa shape index (κ3) is 3.58. The first-order valence-corrected chi connectivity index (χ1v) is 8.71. The Hall–Kier alpha value is -3.16. The van der Waals surface area contributed by atoms with Crippen LogP contribution in [0.1, 0.15) is 36.6 Å². The lowest BCUT2D eigenvalue weighted by atomic mass is 9.92. The minimum absolute atomic E-state index is 0.0227. The molecule has 132 valence electrons. The number of amides is 1. The topological polar surface area (TPSA) is 98.5 Å². The van der Waals surface area contributed by atoms with Crippen LogP contribution in [-0.4, -0.2) is 36.1 Å². The molecule has 0 saturated carbocycles. The summed E-state index contributed by atoms with van der Waals surface area (Å²) in [6, 6.07) is 9.90. The van der Waals surface area contributed by atoms with E-state index in [2.05, 4.69) is 25.8 Å². The lowest BCUT2D eigenvalue weighted by Crippen LogP contribution is -2.32. The number of nitrogens with one attached hydrogen (secondary N) is 1. The molecular formula is C18H19N7O. The van der Waals surface area contributed by atoms with E-state index in [9.17, 15) is 4.79 Å². The van der Waals surface area contributed by atoms with Crippen LogP contribution in [0.25, 0.3) is 11.4 Å². The fourth-order valence-corrected chi connectivity index (χ4v) is 3.19. The van der Waals surface area contributed by atoms with Gasteiger partial charge in [0.15, 0.2) is 5.82 Å². The monoisotopic (exact) mass is 349 g/mol. The number of fused-ring (bicyclic) bond motifs is 1. The second-order valence-corrected chi connectivity index (χ2v) is 6.30. The molecule has 0 radical (unpaired) electrons. The van der Waals surface area contributed by atoms with Crippen molar-refractivity contribution in [2.75, 3.05) is 0 Å². The molecule has 8 heteroatoms. The average Bonchev–Trinajstić information content (AvgIpc) is 3.21. The predicted octanol–water partition coefficient (Wildman–Crippen LogP) is 1.71. The van der Waals surface area contributed by atoms with Crippen molar-refractivity contribution in [3.8, 4) is 11.4 Å². The van der Waals surface area contributed by atoms with Crippen molar-refractivity contribution in [3.05, 3.63) is 54.1 Å². The van der Waals surface area contributed by atoms with Gasteiger partial charge in [-0.1, -0.05) is 30.3 Å². The number of nitrogens with zero attached hydrogens (tertiary/aromatic N) is 6. The number of rotatable bonds is 5. The summed E-state index contributed by atoms with van der Waals surface area (Å²) in [7, 11) is 0. The van der Waals surface area contributed by atoms with Crippen molar-refractivity contribution in [2.45, 2.75) is 38.3 Å². The zero-order chi connectivity index (χ0) is 17.8. The number of aromatic nitrogens is 6. The molecule has 8 nitrogen and oxygen atoms in total. The van der Waals surface area contributed by atoms with Crippen molar-refractivity contribution < 1.29 is 4.79 Å². The highest BCUT2D eigenvalue weighted by Gasteiger charge is 2.24. The fourth-order valence-electron chi connectivity index (χ4n) is 3.19. The van der Waals surface area contributed by atoms with Gasteiger partial charge >= 0.3 is 0 Å². The quantitative estimate of drug-likeness (QED) is 0.753. The van der Waals surface area contributed by atoms with Gasteiger partial charge in [-0.05, 0) is 29.7 Å². The molecule has 1 N–H and O–H groups in total. The molecule has 0 bridgehead atoms. The molecule has 0 spiro atoms. The van der Waals surface area contributed by atoms with Gasteiger partial charge in [-0.2, -0.15) is 0 Å². The van der Waals surface area contributed by atoms with Crippen LogP contribution in [0.3, 0.4) is 0 Å². The molecule has 1 amide bonds. The SMILES string of the molecule is O=C(CCn1cnnn1)N[C@@H]1CCCc2nc(-c3ccccc3)ncc21. The highest BCUT2D eigenvalue weighted by molar-refractivity contribution is 5.76. The van der Waals surface area contributed by atoms with E-state index >= 15 is 0 Å². The van der Waals surface area contributed by atoms with Crippen LogP contribution >= 0.6 is 0 Å². The largest absolute Gasteiger partial charge is 0.349 e. The minimum Gasteiger partial charge on any atom is -0.349 e. The summed E-state index contributed by atoms with van der Waals surface area (Å²) in [5, 5.41) is 14.0. The lowest BCUT2D eigenvalue weighted by molar-refractivity contribution is -0.122. The van der Waals surface area contributed by atoms with E-state index in [0.717, 1.165) is 41.9 Å². The van der Waals surface area contributed by atoms with Gasteiger partial charge in [-0.25, -0.2) is 14.6 Å². The van der Waals surface area contributed by atoms with Gasteiger partial charge in [0.1, 0.15) is 6.33 Å². The first kappa shape index (κ1) is 16.3. The molecule has 1 atom stereocenters. The van der Waals surface area contributed by atoms with E-state index < -0.39 is 0 Å². The Morgan fingerprint density at radius 3 is 2.96 bits per heavy atom. The van der Waals surface area contributed by atoms with Crippen molar-refractivity contribution in [1.29, 1.82) is 0 Å². The summed E-state index contributed by atoms with van der Waals surface area (Å²) in [5.74, 6) is 0.709. The maximum atomic E-state index is 12.3. The lowest BCUT2D eigenvalue weighted by Gasteiger charge is -2.25. The average molecular weight is 349 g/mol. The van der Waals surface area contributed by atoms with Crippen molar-refractivity contribution in [1.82, 2.24) is 35.5 Å². The Morgan fingerprint density at radius 2 is 2.15 bits per heavy atom. The summed E-state index contributed by atoms with van der Waals surface area (Å²) in [4.78, 5) is 21.5. The zero-order valence-electron chi connectivity index (χ0n) is 14.2. The number of hydrogen-bond donors (Lipinski definition) is 1. The second kappa shape index (κ2) is 7.38. The van der Waals surface area contributed by atoms with Gasteiger partial charge in [-0.3, -0.25) is 4.79 Å². The Morgan fingerprint density at radius 1 is 1.27 bits per heavy atom.